The molecule has 4 N–H and O–H groups in total. The van der Waals surface area contributed by atoms with E-state index in [1.807, 2.05) is 12.1 Å². The minimum absolute atomic E-state index is 0.264. The molecule has 2 bridgehead atoms. The molecule has 4 atom stereocenters. The molecule has 116 valence electrons. The summed E-state index contributed by atoms with van der Waals surface area (Å²) in [6.45, 7) is 0.367. The fourth-order valence-electron chi connectivity index (χ4n) is 2.86. The van der Waals surface area contributed by atoms with Crippen LogP contribution in [-0.2, 0) is 9.47 Å². The first-order valence-electron chi connectivity index (χ1n) is 6.87. The molecule has 1 aromatic heterocycles. The first kappa shape index (κ1) is 15.1. The molecule has 8 heteroatoms. The molecular weight excluding hydrogens is 295 g/mol. The van der Waals surface area contributed by atoms with Crippen molar-refractivity contribution < 1.29 is 24.4 Å². The summed E-state index contributed by atoms with van der Waals surface area (Å²) in [6, 6.07) is 3.27. The van der Waals surface area contributed by atoms with Gasteiger partial charge in [-0.05, 0) is 18.6 Å². The predicted molar refractivity (Wildman–Crippen MR) is 76.7 cm³/mol. The fourth-order valence-corrected chi connectivity index (χ4v) is 3.47. The third-order valence-corrected chi connectivity index (χ3v) is 4.57. The highest BCUT2D eigenvalue weighted by atomic mass is 31.2. The molecule has 3 heterocycles. The normalized spacial score (nSPS) is 35.1. The number of rotatable bonds is 5. The second kappa shape index (κ2) is 6.12. The van der Waals surface area contributed by atoms with Gasteiger partial charge in [-0.15, -0.1) is 0 Å². The largest absolute Gasteiger partial charge is 0.391 e. The molecule has 2 unspecified atom stereocenters. The van der Waals surface area contributed by atoms with Gasteiger partial charge in [0.05, 0.1) is 18.3 Å². The van der Waals surface area contributed by atoms with Crippen LogP contribution in [0.25, 0.3) is 0 Å². The van der Waals surface area contributed by atoms with E-state index in [2.05, 4.69) is 10.3 Å². The lowest BCUT2D eigenvalue weighted by Gasteiger charge is -2.39. The lowest BCUT2D eigenvalue weighted by molar-refractivity contribution is -0.160. The smallest absolute Gasteiger partial charge is 0.181 e. The maximum absolute atomic E-state index is 10.4. The zero-order valence-corrected chi connectivity index (χ0v) is 12.3. The van der Waals surface area contributed by atoms with Crippen molar-refractivity contribution in [1.82, 2.24) is 4.98 Å². The molecular formula is C13H19N2O5P. The standard InChI is InChI=1S/C13H19N2O5P/c16-10-7-13(3-6-21(17)18)8-19-12(20-13)11(10)15-9-1-4-14-5-2-9/h1-2,4-5,10-12,16-18H,3,6-8H2,(H,14,15)/t10?,11?,12-,13+/m0/s1. The van der Waals surface area contributed by atoms with Crippen molar-refractivity contribution in [2.45, 2.75) is 36.9 Å². The molecule has 2 saturated heterocycles. The quantitative estimate of drug-likeness (QED) is 0.584. The molecule has 0 spiro atoms. The Hall–Kier alpha value is -0.820. The van der Waals surface area contributed by atoms with E-state index in [4.69, 9.17) is 19.3 Å². The van der Waals surface area contributed by atoms with Crippen molar-refractivity contribution >= 4 is 14.1 Å². The van der Waals surface area contributed by atoms with Gasteiger partial charge in [-0.1, -0.05) is 0 Å². The van der Waals surface area contributed by atoms with Gasteiger partial charge in [0.1, 0.15) is 6.04 Å². The molecule has 3 rings (SSSR count). The average molecular weight is 314 g/mol. The van der Waals surface area contributed by atoms with Gasteiger partial charge < -0.3 is 29.7 Å². The Morgan fingerprint density at radius 3 is 2.86 bits per heavy atom. The van der Waals surface area contributed by atoms with Crippen LogP contribution in [0.2, 0.25) is 0 Å². The zero-order valence-electron chi connectivity index (χ0n) is 11.4. The Labute approximate surface area is 123 Å². The number of ether oxygens (including phenoxy) is 2. The molecule has 0 amide bonds. The minimum Gasteiger partial charge on any atom is -0.391 e. The molecule has 1 aromatic rings. The van der Waals surface area contributed by atoms with E-state index in [9.17, 15) is 5.11 Å². The number of aliphatic hydroxyl groups excluding tert-OH is 1. The maximum atomic E-state index is 10.4. The first-order valence-corrected chi connectivity index (χ1v) is 8.31. The number of fused-ring (bicyclic) bond motifs is 2. The van der Waals surface area contributed by atoms with Gasteiger partial charge in [0, 0.05) is 30.7 Å². The number of hydrogen-bond donors (Lipinski definition) is 4. The third-order valence-electron chi connectivity index (χ3n) is 3.95. The van der Waals surface area contributed by atoms with Crippen LogP contribution in [0.5, 0.6) is 0 Å². The van der Waals surface area contributed by atoms with Gasteiger partial charge in [-0.3, -0.25) is 4.98 Å². The molecule has 21 heavy (non-hydrogen) atoms. The van der Waals surface area contributed by atoms with E-state index in [-0.39, 0.29) is 12.2 Å². The van der Waals surface area contributed by atoms with Crippen molar-refractivity contribution in [2.24, 2.45) is 0 Å². The van der Waals surface area contributed by atoms with E-state index < -0.39 is 26.4 Å². The molecule has 0 saturated carbocycles. The van der Waals surface area contributed by atoms with E-state index in [1.165, 1.54) is 0 Å². The van der Waals surface area contributed by atoms with Crippen LogP contribution in [0.15, 0.2) is 24.5 Å². The molecule has 0 aliphatic carbocycles. The fraction of sp³-hybridized carbons (Fsp3) is 0.615. The highest BCUT2D eigenvalue weighted by molar-refractivity contribution is 7.45. The van der Waals surface area contributed by atoms with Crippen molar-refractivity contribution in [3.63, 3.8) is 0 Å². The SMILES string of the molecule is OC1C[C@]2(CCP(O)O)CO[C@@H](O2)C1Nc1ccncc1. The summed E-state index contributed by atoms with van der Waals surface area (Å²) in [4.78, 5) is 22.1. The number of aromatic nitrogens is 1. The van der Waals surface area contributed by atoms with Crippen LogP contribution < -0.4 is 5.32 Å². The van der Waals surface area contributed by atoms with Crippen molar-refractivity contribution in [3.05, 3.63) is 24.5 Å². The van der Waals surface area contributed by atoms with Crippen LogP contribution in [0.3, 0.4) is 0 Å². The molecule has 2 fully saturated rings. The molecule has 0 aromatic carbocycles. The third kappa shape index (κ3) is 3.34. The molecule has 2 aliphatic heterocycles. The average Bonchev–Trinajstić information content (AvgIpc) is 2.82. The van der Waals surface area contributed by atoms with Crippen LogP contribution in [-0.4, -0.2) is 56.7 Å². The maximum Gasteiger partial charge on any atom is 0.181 e. The van der Waals surface area contributed by atoms with Gasteiger partial charge in [0.2, 0.25) is 0 Å². The number of pyridine rings is 1. The van der Waals surface area contributed by atoms with E-state index in [1.54, 1.807) is 12.4 Å². The van der Waals surface area contributed by atoms with Gasteiger partial charge in [-0.2, -0.15) is 0 Å². The van der Waals surface area contributed by atoms with E-state index >= 15 is 0 Å². The van der Waals surface area contributed by atoms with Crippen LogP contribution in [0, 0.1) is 0 Å². The van der Waals surface area contributed by atoms with Crippen molar-refractivity contribution in [1.29, 1.82) is 0 Å². The second-order valence-corrected chi connectivity index (χ2v) is 6.70. The van der Waals surface area contributed by atoms with Crippen molar-refractivity contribution in [3.8, 4) is 0 Å². The van der Waals surface area contributed by atoms with Gasteiger partial charge in [-0.25, -0.2) is 0 Å². The highest BCUT2D eigenvalue weighted by Crippen LogP contribution is 2.42. The second-order valence-electron chi connectivity index (χ2n) is 5.50. The van der Waals surface area contributed by atoms with Gasteiger partial charge in [0.25, 0.3) is 0 Å². The van der Waals surface area contributed by atoms with Crippen LogP contribution >= 0.6 is 8.38 Å². The van der Waals surface area contributed by atoms with Gasteiger partial charge >= 0.3 is 0 Å². The molecule has 0 radical (unpaired) electrons. The Balaban J connectivity index is 1.66. The minimum atomic E-state index is -1.95. The highest BCUT2D eigenvalue weighted by Gasteiger charge is 2.52. The summed E-state index contributed by atoms with van der Waals surface area (Å²) < 4.78 is 11.6. The number of anilines is 1. The van der Waals surface area contributed by atoms with Gasteiger partial charge in [0.15, 0.2) is 14.7 Å². The Morgan fingerprint density at radius 2 is 2.14 bits per heavy atom. The zero-order chi connectivity index (χ0) is 14.9. The number of hydrogen-bond acceptors (Lipinski definition) is 7. The number of nitrogens with one attached hydrogen (secondary N) is 1. The lowest BCUT2D eigenvalue weighted by atomic mass is 9.89. The topological polar surface area (TPSA) is 104 Å². The Morgan fingerprint density at radius 1 is 1.38 bits per heavy atom. The van der Waals surface area contributed by atoms with Crippen LogP contribution in [0.1, 0.15) is 12.8 Å². The summed E-state index contributed by atoms with van der Waals surface area (Å²) >= 11 is 0. The number of nitrogens with zero attached hydrogens (tertiary/aromatic N) is 1. The Bertz CT molecular complexity index is 477. The summed E-state index contributed by atoms with van der Waals surface area (Å²) in [6.07, 6.45) is 3.33. The summed E-state index contributed by atoms with van der Waals surface area (Å²) in [5.74, 6) is 0. The Kier molecular flexibility index (Phi) is 4.40. The molecule has 2 aliphatic rings. The van der Waals surface area contributed by atoms with E-state index in [0.717, 1.165) is 5.69 Å². The first-order chi connectivity index (χ1) is 10.1. The summed E-state index contributed by atoms with van der Waals surface area (Å²) in [5, 5.41) is 13.6. The monoisotopic (exact) mass is 314 g/mol. The summed E-state index contributed by atoms with van der Waals surface area (Å²) in [7, 11) is -1.95. The number of aliphatic hydroxyl groups is 1. The van der Waals surface area contributed by atoms with Crippen LogP contribution in [0.4, 0.5) is 5.69 Å². The lowest BCUT2D eigenvalue weighted by Crippen LogP contribution is -2.53. The predicted octanol–water partition coefficient (Wildman–Crippen LogP) is 0.425. The van der Waals surface area contributed by atoms with E-state index in [0.29, 0.717) is 19.4 Å². The molecule has 7 nitrogen and oxygen atoms in total. The summed E-state index contributed by atoms with van der Waals surface area (Å²) in [5.41, 5.74) is 0.238. The van der Waals surface area contributed by atoms with Crippen molar-refractivity contribution in [2.75, 3.05) is 18.1 Å².